The molecule has 0 saturated carbocycles. The molecule has 1 aliphatic rings. The van der Waals surface area contributed by atoms with Crippen molar-refractivity contribution in [3.8, 4) is 5.69 Å². The van der Waals surface area contributed by atoms with Gasteiger partial charge in [-0.15, -0.1) is 0 Å². The van der Waals surface area contributed by atoms with E-state index in [9.17, 15) is 13.6 Å². The first-order valence-electron chi connectivity index (χ1n) is 12.5. The molecule has 0 atom stereocenters. The fourth-order valence-electron chi connectivity index (χ4n) is 4.60. The highest BCUT2D eigenvalue weighted by atomic mass is 19.1. The van der Waals surface area contributed by atoms with Crippen LogP contribution in [0.5, 0.6) is 0 Å². The zero-order valence-corrected chi connectivity index (χ0v) is 21.2. The Kier molecular flexibility index (Phi) is 8.20. The zero-order chi connectivity index (χ0) is 25.7. The summed E-state index contributed by atoms with van der Waals surface area (Å²) < 4.78 is 29.6. The predicted molar refractivity (Wildman–Crippen MR) is 139 cm³/mol. The van der Waals surface area contributed by atoms with E-state index < -0.39 is 5.82 Å². The van der Waals surface area contributed by atoms with Crippen molar-refractivity contribution in [2.45, 2.75) is 33.7 Å². The van der Waals surface area contributed by atoms with Gasteiger partial charge in [-0.05, 0) is 56.3 Å². The van der Waals surface area contributed by atoms with Crippen LogP contribution in [0.25, 0.3) is 5.69 Å². The van der Waals surface area contributed by atoms with Crippen molar-refractivity contribution in [3.05, 3.63) is 71.4 Å². The molecule has 7 nitrogen and oxygen atoms in total. The van der Waals surface area contributed by atoms with Crippen molar-refractivity contribution in [2.24, 2.45) is 0 Å². The van der Waals surface area contributed by atoms with Crippen molar-refractivity contribution < 1.29 is 13.6 Å². The molecular formula is C27H34F2N6O. The number of rotatable bonds is 8. The molecule has 3 aromatic rings. The first-order valence-corrected chi connectivity index (χ1v) is 12.5. The van der Waals surface area contributed by atoms with E-state index in [0.29, 0.717) is 24.5 Å². The number of anilines is 2. The number of aromatic nitrogens is 2. The van der Waals surface area contributed by atoms with E-state index in [0.717, 1.165) is 56.2 Å². The highest BCUT2D eigenvalue weighted by molar-refractivity contribution is 5.89. The maximum Gasteiger partial charge on any atom is 0.322 e. The lowest BCUT2D eigenvalue weighted by Gasteiger charge is -2.36. The van der Waals surface area contributed by atoms with Gasteiger partial charge in [0.25, 0.3) is 0 Å². The van der Waals surface area contributed by atoms with E-state index in [1.165, 1.54) is 24.3 Å². The maximum absolute atomic E-state index is 14.1. The normalized spacial score (nSPS) is 14.2. The molecule has 1 fully saturated rings. The Morgan fingerprint density at radius 3 is 2.36 bits per heavy atom. The molecule has 4 rings (SSSR count). The molecule has 0 aliphatic carbocycles. The molecule has 0 spiro atoms. The smallest absolute Gasteiger partial charge is 0.322 e. The van der Waals surface area contributed by atoms with Crippen LogP contribution in [-0.4, -0.2) is 64.9 Å². The van der Waals surface area contributed by atoms with Crippen LogP contribution in [0.15, 0.2) is 48.5 Å². The Balaban J connectivity index is 1.68. The van der Waals surface area contributed by atoms with E-state index >= 15 is 0 Å². The Morgan fingerprint density at radius 1 is 1.03 bits per heavy atom. The van der Waals surface area contributed by atoms with E-state index in [1.807, 2.05) is 19.9 Å². The number of amides is 2. The minimum Gasteiger partial charge on any atom is -0.354 e. The molecule has 1 aromatic heterocycles. The molecule has 2 heterocycles. The van der Waals surface area contributed by atoms with Crippen LogP contribution in [0.2, 0.25) is 0 Å². The van der Waals surface area contributed by atoms with E-state index in [2.05, 4.69) is 22.0 Å². The van der Waals surface area contributed by atoms with Gasteiger partial charge in [0.05, 0.1) is 17.9 Å². The number of carbonyl (C=O) groups excluding carboxylic acids is 1. The number of urea groups is 1. The first kappa shape index (κ1) is 25.6. The van der Waals surface area contributed by atoms with Gasteiger partial charge in [0.2, 0.25) is 0 Å². The summed E-state index contributed by atoms with van der Waals surface area (Å²) >= 11 is 0. The lowest BCUT2D eigenvalue weighted by Crippen LogP contribution is -2.47. The summed E-state index contributed by atoms with van der Waals surface area (Å²) in [7, 11) is 0. The SMILES string of the molecule is CCCN(Cc1c(C)nn(-c2cccc(F)c2)c1N1CCN(CC)CC1)C(=O)Nc1cccc(F)c1. The average Bonchev–Trinajstić information content (AvgIpc) is 3.19. The molecule has 192 valence electrons. The van der Waals surface area contributed by atoms with Crippen LogP contribution < -0.4 is 10.2 Å². The van der Waals surface area contributed by atoms with Crippen molar-refractivity contribution in [3.63, 3.8) is 0 Å². The number of hydrogen-bond acceptors (Lipinski definition) is 4. The number of halogens is 2. The second-order valence-electron chi connectivity index (χ2n) is 9.06. The van der Waals surface area contributed by atoms with Gasteiger partial charge in [0.1, 0.15) is 17.5 Å². The zero-order valence-electron chi connectivity index (χ0n) is 21.2. The summed E-state index contributed by atoms with van der Waals surface area (Å²) in [4.78, 5) is 19.6. The molecule has 0 unspecified atom stereocenters. The Labute approximate surface area is 211 Å². The number of likely N-dealkylation sites (N-methyl/N-ethyl adjacent to an activating group) is 1. The third-order valence-corrected chi connectivity index (χ3v) is 6.53. The van der Waals surface area contributed by atoms with Gasteiger partial charge in [0.15, 0.2) is 0 Å². The van der Waals surface area contributed by atoms with Crippen LogP contribution in [-0.2, 0) is 6.54 Å². The van der Waals surface area contributed by atoms with Crippen molar-refractivity contribution in [1.82, 2.24) is 19.6 Å². The third kappa shape index (κ3) is 5.84. The minimum atomic E-state index is -0.407. The second kappa shape index (κ2) is 11.5. The van der Waals surface area contributed by atoms with Gasteiger partial charge in [-0.3, -0.25) is 0 Å². The molecule has 0 bridgehead atoms. The van der Waals surface area contributed by atoms with E-state index in [1.54, 1.807) is 27.8 Å². The molecule has 1 saturated heterocycles. The molecule has 1 N–H and O–H groups in total. The summed E-state index contributed by atoms with van der Waals surface area (Å²) in [5, 5.41) is 7.61. The molecule has 0 radical (unpaired) electrons. The second-order valence-corrected chi connectivity index (χ2v) is 9.06. The highest BCUT2D eigenvalue weighted by Crippen LogP contribution is 2.30. The Hall–Kier alpha value is -3.46. The standard InChI is InChI=1S/C27H34F2N6O/c1-4-12-34(27(36)30-23-10-6-8-21(28)17-23)19-25-20(3)31-35(24-11-7-9-22(29)18-24)26(25)33-15-13-32(5-2)14-16-33/h6-11,17-18H,4-5,12-16,19H2,1-3H3,(H,30,36). The van der Waals surface area contributed by atoms with Crippen LogP contribution in [0.3, 0.4) is 0 Å². The van der Waals surface area contributed by atoms with Gasteiger partial charge in [-0.1, -0.05) is 26.0 Å². The molecule has 1 aliphatic heterocycles. The molecule has 2 aromatic carbocycles. The van der Waals surface area contributed by atoms with Crippen molar-refractivity contribution in [1.29, 1.82) is 0 Å². The van der Waals surface area contributed by atoms with Crippen LogP contribution in [0.1, 0.15) is 31.5 Å². The molecule has 2 amide bonds. The van der Waals surface area contributed by atoms with Gasteiger partial charge >= 0.3 is 6.03 Å². The number of nitrogens with one attached hydrogen (secondary N) is 1. The largest absolute Gasteiger partial charge is 0.354 e. The number of nitrogens with zero attached hydrogens (tertiary/aromatic N) is 5. The minimum absolute atomic E-state index is 0.304. The number of benzene rings is 2. The van der Waals surface area contributed by atoms with Gasteiger partial charge in [0, 0.05) is 44.0 Å². The number of carbonyl (C=O) groups is 1. The number of aryl methyl sites for hydroxylation is 1. The summed E-state index contributed by atoms with van der Waals surface area (Å²) in [6, 6.07) is 12.0. The Morgan fingerprint density at radius 2 is 1.72 bits per heavy atom. The summed E-state index contributed by atoms with van der Waals surface area (Å²) in [5.74, 6) is 0.148. The van der Waals surface area contributed by atoms with Gasteiger partial charge in [-0.2, -0.15) is 5.10 Å². The van der Waals surface area contributed by atoms with Gasteiger partial charge in [-0.25, -0.2) is 18.3 Å². The summed E-state index contributed by atoms with van der Waals surface area (Å²) in [5.41, 5.74) is 2.76. The van der Waals surface area contributed by atoms with Gasteiger partial charge < -0.3 is 20.0 Å². The van der Waals surface area contributed by atoms with Crippen molar-refractivity contribution >= 4 is 17.5 Å². The van der Waals surface area contributed by atoms with Crippen LogP contribution in [0.4, 0.5) is 25.1 Å². The van der Waals surface area contributed by atoms with E-state index in [4.69, 9.17) is 5.10 Å². The van der Waals surface area contributed by atoms with Crippen molar-refractivity contribution in [2.75, 3.05) is 49.5 Å². The van der Waals surface area contributed by atoms with Crippen LogP contribution in [0, 0.1) is 18.6 Å². The lowest BCUT2D eigenvalue weighted by molar-refractivity contribution is 0.209. The average molecular weight is 497 g/mol. The molecule has 9 heteroatoms. The quantitative estimate of drug-likeness (QED) is 0.475. The first-order chi connectivity index (χ1) is 17.4. The monoisotopic (exact) mass is 496 g/mol. The maximum atomic E-state index is 14.1. The third-order valence-electron chi connectivity index (χ3n) is 6.53. The highest BCUT2D eigenvalue weighted by Gasteiger charge is 2.27. The lowest BCUT2D eigenvalue weighted by atomic mass is 10.2. The molecular weight excluding hydrogens is 462 g/mol. The number of hydrogen-bond donors (Lipinski definition) is 1. The number of piperazine rings is 1. The Bertz CT molecular complexity index is 1190. The predicted octanol–water partition coefficient (Wildman–Crippen LogP) is 5.04. The van der Waals surface area contributed by atoms with Crippen LogP contribution >= 0.6 is 0 Å². The fourth-order valence-corrected chi connectivity index (χ4v) is 4.60. The van der Waals surface area contributed by atoms with E-state index in [-0.39, 0.29) is 11.8 Å². The summed E-state index contributed by atoms with van der Waals surface area (Å²) in [6.07, 6.45) is 0.762. The fraction of sp³-hybridized carbons (Fsp3) is 0.407. The summed E-state index contributed by atoms with van der Waals surface area (Å²) in [6.45, 7) is 11.4. The topological polar surface area (TPSA) is 56.6 Å². The molecule has 36 heavy (non-hydrogen) atoms.